The van der Waals surface area contributed by atoms with E-state index < -0.39 is 41.9 Å². The van der Waals surface area contributed by atoms with Crippen molar-refractivity contribution in [2.45, 2.75) is 88.4 Å². The first-order valence-corrected chi connectivity index (χ1v) is 13.6. The zero-order valence-corrected chi connectivity index (χ0v) is 22.4. The first-order valence-electron chi connectivity index (χ1n) is 13.6. The van der Waals surface area contributed by atoms with Crippen molar-refractivity contribution >= 4 is 24.0 Å². The standard InChI is InChI=1S/C27H47N7O4/c28-15-7-4-12-21(19-35)32-26(37)23(14-6-9-17-30)33-27(38)24(18-20-10-2-1-3-11-20)34-25(36)22(31)13-5-8-16-29/h1-3,10-11,19,21-24H,4-9,12-18,28-31H2,(H,32,37)(H,33,38)(H,34,36)/t21-,22-,23-,24-/m0/s1. The van der Waals surface area contributed by atoms with E-state index in [1.807, 2.05) is 30.3 Å². The molecule has 0 saturated heterocycles. The lowest BCUT2D eigenvalue weighted by Crippen LogP contribution is -2.57. The predicted molar refractivity (Wildman–Crippen MR) is 149 cm³/mol. The van der Waals surface area contributed by atoms with Crippen LogP contribution in [-0.2, 0) is 25.6 Å². The highest BCUT2D eigenvalue weighted by atomic mass is 16.2. The molecule has 4 atom stereocenters. The number of benzene rings is 1. The molecular weight excluding hydrogens is 486 g/mol. The Morgan fingerprint density at radius 1 is 0.684 bits per heavy atom. The molecule has 11 N–H and O–H groups in total. The third kappa shape index (κ3) is 13.6. The summed E-state index contributed by atoms with van der Waals surface area (Å²) in [5, 5.41) is 8.28. The molecule has 1 aromatic carbocycles. The number of hydrogen-bond donors (Lipinski definition) is 7. The van der Waals surface area contributed by atoms with Gasteiger partial charge in [-0.15, -0.1) is 0 Å². The highest BCUT2D eigenvalue weighted by molar-refractivity contribution is 5.93. The van der Waals surface area contributed by atoms with Crippen LogP contribution in [0.3, 0.4) is 0 Å². The van der Waals surface area contributed by atoms with Crippen molar-refractivity contribution in [2.24, 2.45) is 22.9 Å². The molecule has 1 rings (SSSR count). The van der Waals surface area contributed by atoms with Gasteiger partial charge in [0.05, 0.1) is 12.1 Å². The zero-order chi connectivity index (χ0) is 28.2. The number of aldehydes is 1. The van der Waals surface area contributed by atoms with Gasteiger partial charge in [-0.05, 0) is 76.6 Å². The number of hydrogen-bond acceptors (Lipinski definition) is 8. The van der Waals surface area contributed by atoms with Crippen molar-refractivity contribution in [1.82, 2.24) is 16.0 Å². The lowest BCUT2D eigenvalue weighted by molar-refractivity contribution is -0.133. The first-order chi connectivity index (χ1) is 18.4. The lowest BCUT2D eigenvalue weighted by Gasteiger charge is -2.25. The van der Waals surface area contributed by atoms with E-state index in [1.54, 1.807) is 0 Å². The topological polar surface area (TPSA) is 208 Å². The summed E-state index contributed by atoms with van der Waals surface area (Å²) in [6.45, 7) is 1.47. The molecule has 1 aromatic rings. The fourth-order valence-corrected chi connectivity index (χ4v) is 3.98. The van der Waals surface area contributed by atoms with Crippen LogP contribution < -0.4 is 38.9 Å². The molecule has 0 bridgehead atoms. The van der Waals surface area contributed by atoms with Crippen LogP contribution in [0.15, 0.2) is 30.3 Å². The Balaban J connectivity index is 2.99. The second kappa shape index (κ2) is 20.1. The van der Waals surface area contributed by atoms with E-state index in [2.05, 4.69) is 16.0 Å². The van der Waals surface area contributed by atoms with Gasteiger partial charge >= 0.3 is 0 Å². The first kappa shape index (κ1) is 33.2. The highest BCUT2D eigenvalue weighted by Crippen LogP contribution is 2.08. The van der Waals surface area contributed by atoms with E-state index in [4.69, 9.17) is 22.9 Å². The molecule has 0 unspecified atom stereocenters. The second-order valence-corrected chi connectivity index (χ2v) is 9.52. The molecular formula is C27H47N7O4. The molecule has 0 spiro atoms. The molecule has 11 heteroatoms. The summed E-state index contributed by atoms with van der Waals surface area (Å²) >= 11 is 0. The fourth-order valence-electron chi connectivity index (χ4n) is 3.98. The summed E-state index contributed by atoms with van der Waals surface area (Å²) in [6, 6.07) is 5.98. The highest BCUT2D eigenvalue weighted by Gasteiger charge is 2.29. The van der Waals surface area contributed by atoms with Gasteiger partial charge in [0, 0.05) is 6.42 Å². The Labute approximate surface area is 226 Å². The normalized spacial score (nSPS) is 14.1. The van der Waals surface area contributed by atoms with Gasteiger partial charge in [0.15, 0.2) is 0 Å². The summed E-state index contributed by atoms with van der Waals surface area (Å²) < 4.78 is 0. The molecule has 0 aliphatic heterocycles. The van der Waals surface area contributed by atoms with Crippen LogP contribution in [0.5, 0.6) is 0 Å². The van der Waals surface area contributed by atoms with Crippen LogP contribution in [0.4, 0.5) is 0 Å². The van der Waals surface area contributed by atoms with Crippen molar-refractivity contribution in [3.05, 3.63) is 35.9 Å². The molecule has 0 aromatic heterocycles. The van der Waals surface area contributed by atoms with Crippen molar-refractivity contribution in [3.63, 3.8) is 0 Å². The van der Waals surface area contributed by atoms with Crippen LogP contribution in [0, 0.1) is 0 Å². The molecule has 0 aliphatic rings. The largest absolute Gasteiger partial charge is 0.345 e. The molecule has 3 amide bonds. The van der Waals surface area contributed by atoms with Crippen LogP contribution in [0.25, 0.3) is 0 Å². The molecule has 38 heavy (non-hydrogen) atoms. The van der Waals surface area contributed by atoms with E-state index in [0.717, 1.165) is 18.4 Å². The molecule has 0 radical (unpaired) electrons. The van der Waals surface area contributed by atoms with Gasteiger partial charge in [-0.2, -0.15) is 0 Å². The maximum Gasteiger partial charge on any atom is 0.243 e. The van der Waals surface area contributed by atoms with Gasteiger partial charge in [-0.3, -0.25) is 14.4 Å². The Bertz CT molecular complexity index is 825. The average molecular weight is 534 g/mol. The molecule has 0 fully saturated rings. The number of nitrogens with one attached hydrogen (secondary N) is 3. The van der Waals surface area contributed by atoms with Gasteiger partial charge in [-0.1, -0.05) is 36.8 Å². The van der Waals surface area contributed by atoms with E-state index >= 15 is 0 Å². The summed E-state index contributed by atoms with van der Waals surface area (Å²) in [6.07, 6.45) is 6.34. The third-order valence-electron chi connectivity index (χ3n) is 6.26. The van der Waals surface area contributed by atoms with E-state index in [9.17, 15) is 19.2 Å². The Morgan fingerprint density at radius 3 is 1.79 bits per heavy atom. The Kier molecular flexibility index (Phi) is 17.6. The van der Waals surface area contributed by atoms with E-state index in [-0.39, 0.29) is 6.42 Å². The van der Waals surface area contributed by atoms with Crippen LogP contribution in [0.2, 0.25) is 0 Å². The predicted octanol–water partition coefficient (Wildman–Crippen LogP) is -0.403. The minimum absolute atomic E-state index is 0.223. The van der Waals surface area contributed by atoms with Crippen molar-refractivity contribution in [3.8, 4) is 0 Å². The number of carbonyl (C=O) groups excluding carboxylic acids is 4. The summed E-state index contributed by atoms with van der Waals surface area (Å²) in [5.74, 6) is -1.40. The molecule has 0 saturated carbocycles. The summed E-state index contributed by atoms with van der Waals surface area (Å²) in [5.41, 5.74) is 23.5. The number of nitrogens with two attached hydrogens (primary N) is 4. The molecule has 214 valence electrons. The number of unbranched alkanes of at least 4 members (excludes halogenated alkanes) is 3. The third-order valence-corrected chi connectivity index (χ3v) is 6.26. The van der Waals surface area contributed by atoms with Gasteiger partial charge in [0.25, 0.3) is 0 Å². The van der Waals surface area contributed by atoms with Gasteiger partial charge in [0.2, 0.25) is 17.7 Å². The lowest BCUT2D eigenvalue weighted by atomic mass is 10.0. The quantitative estimate of drug-likeness (QED) is 0.0814. The van der Waals surface area contributed by atoms with Gasteiger partial charge in [0.1, 0.15) is 18.4 Å². The molecule has 0 heterocycles. The van der Waals surface area contributed by atoms with E-state index in [1.165, 1.54) is 0 Å². The maximum atomic E-state index is 13.4. The van der Waals surface area contributed by atoms with Crippen molar-refractivity contribution < 1.29 is 19.2 Å². The Hall–Kier alpha value is -2.86. The fraction of sp³-hybridized carbons (Fsp3) is 0.630. The van der Waals surface area contributed by atoms with Crippen LogP contribution >= 0.6 is 0 Å². The summed E-state index contributed by atoms with van der Waals surface area (Å²) in [4.78, 5) is 50.8. The molecule has 11 nitrogen and oxygen atoms in total. The van der Waals surface area contributed by atoms with Crippen LogP contribution in [0.1, 0.15) is 63.4 Å². The minimum Gasteiger partial charge on any atom is -0.345 e. The van der Waals surface area contributed by atoms with Crippen molar-refractivity contribution in [2.75, 3.05) is 19.6 Å². The number of amides is 3. The van der Waals surface area contributed by atoms with E-state index in [0.29, 0.717) is 70.9 Å². The average Bonchev–Trinajstić information content (AvgIpc) is 2.92. The van der Waals surface area contributed by atoms with Gasteiger partial charge < -0.3 is 43.7 Å². The van der Waals surface area contributed by atoms with Crippen LogP contribution in [-0.4, -0.2) is 67.8 Å². The SMILES string of the molecule is NCCCC[C@@H](C=O)NC(=O)[C@H](CCCCN)NC(=O)[C@H](Cc1ccccc1)NC(=O)[C@@H](N)CCCCN. The Morgan fingerprint density at radius 2 is 1.21 bits per heavy atom. The smallest absolute Gasteiger partial charge is 0.243 e. The maximum absolute atomic E-state index is 13.4. The summed E-state index contributed by atoms with van der Waals surface area (Å²) in [7, 11) is 0. The minimum atomic E-state index is -0.943. The number of rotatable bonds is 21. The zero-order valence-electron chi connectivity index (χ0n) is 22.4. The van der Waals surface area contributed by atoms with Crippen molar-refractivity contribution in [1.29, 1.82) is 0 Å². The molecule has 0 aliphatic carbocycles. The number of carbonyl (C=O) groups is 4. The van der Waals surface area contributed by atoms with Gasteiger partial charge in [-0.25, -0.2) is 0 Å². The second-order valence-electron chi connectivity index (χ2n) is 9.52. The monoisotopic (exact) mass is 533 g/mol.